The van der Waals surface area contributed by atoms with Gasteiger partial charge in [-0.25, -0.2) is 0 Å². The summed E-state index contributed by atoms with van der Waals surface area (Å²) < 4.78 is 8.18. The molecule has 2 unspecified atom stereocenters. The van der Waals surface area contributed by atoms with Gasteiger partial charge in [0.15, 0.2) is 0 Å². The highest BCUT2D eigenvalue weighted by Crippen LogP contribution is 2.51. The Bertz CT molecular complexity index is 559. The molecule has 1 saturated heterocycles. The number of hydrogen-bond donors (Lipinski definition) is 1. The van der Waals surface area contributed by atoms with Gasteiger partial charge in [0.05, 0.1) is 18.8 Å². The van der Waals surface area contributed by atoms with E-state index in [0.29, 0.717) is 6.04 Å². The summed E-state index contributed by atoms with van der Waals surface area (Å²) in [4.78, 5) is 2.46. The van der Waals surface area contributed by atoms with Gasteiger partial charge in [0.2, 0.25) is 0 Å². The molecule has 2 aliphatic carbocycles. The van der Waals surface area contributed by atoms with Crippen LogP contribution in [0.2, 0.25) is 0 Å². The topological polar surface area (TPSA) is 63.4 Å². The number of aromatic nitrogens is 3. The Labute approximate surface area is 137 Å². The van der Waals surface area contributed by atoms with Crippen molar-refractivity contribution in [3.8, 4) is 0 Å². The number of aliphatic hydroxyl groups is 1. The molecular formula is C17H28N4O2. The van der Waals surface area contributed by atoms with Crippen LogP contribution in [0.5, 0.6) is 0 Å². The number of aliphatic hydroxyl groups excluding tert-OH is 1. The molecule has 23 heavy (non-hydrogen) atoms. The molecule has 1 aromatic heterocycles. The second-order valence-electron chi connectivity index (χ2n) is 7.47. The van der Waals surface area contributed by atoms with E-state index in [2.05, 4.69) is 26.6 Å². The van der Waals surface area contributed by atoms with Crippen molar-refractivity contribution in [3.63, 3.8) is 0 Å². The lowest BCUT2D eigenvalue weighted by molar-refractivity contribution is -0.210. The lowest BCUT2D eigenvalue weighted by atomic mass is 9.58. The van der Waals surface area contributed by atoms with Gasteiger partial charge in [0.25, 0.3) is 0 Å². The Morgan fingerprint density at radius 2 is 2.00 bits per heavy atom. The van der Waals surface area contributed by atoms with E-state index in [0.717, 1.165) is 57.2 Å². The molecule has 1 N–H and O–H groups in total. The zero-order chi connectivity index (χ0) is 16.0. The van der Waals surface area contributed by atoms with E-state index in [9.17, 15) is 5.11 Å². The van der Waals surface area contributed by atoms with Crippen LogP contribution < -0.4 is 0 Å². The second kappa shape index (κ2) is 5.83. The first-order valence-corrected chi connectivity index (χ1v) is 9.06. The van der Waals surface area contributed by atoms with Gasteiger partial charge in [-0.1, -0.05) is 0 Å². The molecule has 3 aliphatic rings. The number of ether oxygens (including phenoxy) is 1. The van der Waals surface area contributed by atoms with E-state index in [4.69, 9.17) is 4.74 Å². The molecule has 2 atom stereocenters. The van der Waals surface area contributed by atoms with Crippen molar-refractivity contribution in [2.75, 3.05) is 19.7 Å². The van der Waals surface area contributed by atoms with Gasteiger partial charge < -0.3 is 14.4 Å². The molecule has 1 aliphatic heterocycles. The molecule has 6 heteroatoms. The van der Waals surface area contributed by atoms with Crippen LogP contribution in [0.1, 0.15) is 56.7 Å². The molecule has 2 saturated carbocycles. The maximum atomic E-state index is 10.3. The largest absolute Gasteiger partial charge is 0.392 e. The molecule has 2 heterocycles. The maximum absolute atomic E-state index is 10.3. The fourth-order valence-electron chi connectivity index (χ4n) is 4.47. The van der Waals surface area contributed by atoms with Crippen molar-refractivity contribution in [2.24, 2.45) is 5.41 Å². The summed E-state index contributed by atoms with van der Waals surface area (Å²) in [6.07, 6.45) is 5.45. The lowest BCUT2D eigenvalue weighted by Crippen LogP contribution is -2.62. The van der Waals surface area contributed by atoms with Crippen molar-refractivity contribution in [2.45, 2.75) is 70.7 Å². The standard InChI is InChI=1S/C17H28N4O2/c1-3-23-15-10-14(22)17(15)6-8-20(9-7-17)11-16-19-18-12(2)21(16)13-4-5-13/h13-15,22H,3-11H2,1-2H3. The van der Waals surface area contributed by atoms with Crippen LogP contribution in [0, 0.1) is 12.3 Å². The zero-order valence-corrected chi connectivity index (χ0v) is 14.2. The van der Waals surface area contributed by atoms with E-state index < -0.39 is 0 Å². The van der Waals surface area contributed by atoms with E-state index >= 15 is 0 Å². The summed E-state index contributed by atoms with van der Waals surface area (Å²) in [5.41, 5.74) is 0.00654. The van der Waals surface area contributed by atoms with Gasteiger partial charge >= 0.3 is 0 Å². The van der Waals surface area contributed by atoms with E-state index in [1.54, 1.807) is 0 Å². The SMILES string of the molecule is CCOC1CC(O)C12CCN(Cc1nnc(C)n1C1CC1)CC2. The first kappa shape index (κ1) is 15.5. The van der Waals surface area contributed by atoms with Crippen LogP contribution in [-0.4, -0.2) is 56.7 Å². The Morgan fingerprint density at radius 1 is 1.26 bits per heavy atom. The van der Waals surface area contributed by atoms with Crippen LogP contribution in [0.3, 0.4) is 0 Å². The monoisotopic (exact) mass is 320 g/mol. The highest BCUT2D eigenvalue weighted by atomic mass is 16.5. The number of nitrogens with zero attached hydrogens (tertiary/aromatic N) is 4. The van der Waals surface area contributed by atoms with Gasteiger partial charge in [-0.15, -0.1) is 10.2 Å². The summed E-state index contributed by atoms with van der Waals surface area (Å²) in [5, 5.41) is 19.0. The third-order valence-electron chi connectivity index (χ3n) is 6.11. The molecule has 0 bridgehead atoms. The average Bonchev–Trinajstić information content (AvgIpc) is 3.32. The van der Waals surface area contributed by atoms with Gasteiger partial charge in [0, 0.05) is 24.5 Å². The molecule has 0 amide bonds. The van der Waals surface area contributed by atoms with Gasteiger partial charge in [-0.05, 0) is 52.6 Å². The van der Waals surface area contributed by atoms with Crippen LogP contribution in [0.15, 0.2) is 0 Å². The van der Waals surface area contributed by atoms with Crippen molar-refractivity contribution in [3.05, 3.63) is 11.6 Å². The molecule has 128 valence electrons. The second-order valence-corrected chi connectivity index (χ2v) is 7.47. The van der Waals surface area contributed by atoms with Crippen molar-refractivity contribution in [1.82, 2.24) is 19.7 Å². The van der Waals surface area contributed by atoms with E-state index in [1.165, 1.54) is 12.8 Å². The molecule has 1 spiro atoms. The van der Waals surface area contributed by atoms with Crippen LogP contribution in [0.4, 0.5) is 0 Å². The predicted octanol–water partition coefficient (Wildman–Crippen LogP) is 1.67. The number of rotatable bonds is 5. The van der Waals surface area contributed by atoms with Crippen molar-refractivity contribution >= 4 is 0 Å². The number of likely N-dealkylation sites (tertiary alicyclic amines) is 1. The third kappa shape index (κ3) is 2.61. The quantitative estimate of drug-likeness (QED) is 0.894. The Hall–Kier alpha value is -0.980. The molecule has 0 aromatic carbocycles. The number of piperidine rings is 1. The van der Waals surface area contributed by atoms with Crippen LogP contribution in [0.25, 0.3) is 0 Å². The van der Waals surface area contributed by atoms with Crippen LogP contribution in [-0.2, 0) is 11.3 Å². The molecule has 0 radical (unpaired) electrons. The zero-order valence-electron chi connectivity index (χ0n) is 14.2. The minimum atomic E-state index is -0.182. The third-order valence-corrected chi connectivity index (χ3v) is 6.11. The van der Waals surface area contributed by atoms with Gasteiger partial charge in [-0.2, -0.15) is 0 Å². The minimum Gasteiger partial charge on any atom is -0.392 e. The van der Waals surface area contributed by atoms with Crippen molar-refractivity contribution < 1.29 is 9.84 Å². The average molecular weight is 320 g/mol. The predicted molar refractivity (Wildman–Crippen MR) is 86.0 cm³/mol. The Balaban J connectivity index is 1.39. The summed E-state index contributed by atoms with van der Waals surface area (Å²) in [6.45, 7) is 7.74. The first-order valence-electron chi connectivity index (χ1n) is 9.06. The molecule has 6 nitrogen and oxygen atoms in total. The summed E-state index contributed by atoms with van der Waals surface area (Å²) in [6, 6.07) is 0.631. The smallest absolute Gasteiger partial charge is 0.147 e. The van der Waals surface area contributed by atoms with E-state index in [-0.39, 0.29) is 17.6 Å². The summed E-state index contributed by atoms with van der Waals surface area (Å²) >= 11 is 0. The van der Waals surface area contributed by atoms with Crippen LogP contribution >= 0.6 is 0 Å². The number of hydrogen-bond acceptors (Lipinski definition) is 5. The van der Waals surface area contributed by atoms with E-state index in [1.807, 2.05) is 6.92 Å². The molecule has 1 aromatic rings. The highest BCUT2D eigenvalue weighted by Gasteiger charge is 2.56. The minimum absolute atomic E-state index is 0.00654. The van der Waals surface area contributed by atoms with Crippen molar-refractivity contribution in [1.29, 1.82) is 0 Å². The molecule has 3 fully saturated rings. The van der Waals surface area contributed by atoms with Gasteiger partial charge in [0.1, 0.15) is 11.6 Å². The first-order chi connectivity index (χ1) is 11.1. The lowest BCUT2D eigenvalue weighted by Gasteiger charge is -2.56. The summed E-state index contributed by atoms with van der Waals surface area (Å²) in [5.74, 6) is 2.15. The highest BCUT2D eigenvalue weighted by molar-refractivity contribution is 5.07. The van der Waals surface area contributed by atoms with Gasteiger partial charge in [-0.3, -0.25) is 4.90 Å². The number of aryl methyl sites for hydroxylation is 1. The molecule has 4 rings (SSSR count). The summed E-state index contributed by atoms with van der Waals surface area (Å²) in [7, 11) is 0. The Kier molecular flexibility index (Phi) is 3.94. The Morgan fingerprint density at radius 3 is 2.61 bits per heavy atom. The maximum Gasteiger partial charge on any atom is 0.147 e. The fraction of sp³-hybridized carbons (Fsp3) is 0.882. The fourth-order valence-corrected chi connectivity index (χ4v) is 4.47. The molecular weight excluding hydrogens is 292 g/mol. The normalized spacial score (nSPS) is 30.6.